The van der Waals surface area contributed by atoms with Gasteiger partial charge in [-0.15, -0.1) is 0 Å². The number of carbonyl (C=O) groups excluding carboxylic acids is 1. The molecule has 0 aromatic heterocycles. The van der Waals surface area contributed by atoms with Crippen molar-refractivity contribution >= 4 is 28.1 Å². The van der Waals surface area contributed by atoms with Crippen molar-refractivity contribution in [3.8, 4) is 0 Å². The SMILES string of the molecule is Cc1ccc(S(=O)(=O)O[C@@H]2C(C(C)(C)C)[C@@](NC(=O)OC(C)(C)C)(C(=O)O)[C@@]3(C(C)(C)C)[C@H]2[C@H]3C(=O)O)cc1. The Kier molecular flexibility index (Phi) is 7.28. The first-order valence-corrected chi connectivity index (χ1v) is 14.3. The van der Waals surface area contributed by atoms with Crippen molar-refractivity contribution in [1.82, 2.24) is 5.32 Å². The van der Waals surface area contributed by atoms with Gasteiger partial charge in [-0.25, -0.2) is 9.59 Å². The number of aliphatic carboxylic acids is 2. The Bertz CT molecular complexity index is 1270. The van der Waals surface area contributed by atoms with Crippen LogP contribution >= 0.6 is 0 Å². The minimum Gasteiger partial charge on any atom is -0.481 e. The fraction of sp³-hybridized carbons (Fsp3) is 0.679. The van der Waals surface area contributed by atoms with Crippen molar-refractivity contribution in [3.63, 3.8) is 0 Å². The van der Waals surface area contributed by atoms with Crippen LogP contribution in [-0.4, -0.2) is 53.9 Å². The van der Waals surface area contributed by atoms with Gasteiger partial charge in [0.05, 0.1) is 16.9 Å². The molecule has 1 amide bonds. The van der Waals surface area contributed by atoms with Gasteiger partial charge in [-0.1, -0.05) is 59.2 Å². The van der Waals surface area contributed by atoms with Crippen LogP contribution in [0.3, 0.4) is 0 Å². The zero-order valence-electron chi connectivity index (χ0n) is 24.3. The third-order valence-electron chi connectivity index (χ3n) is 8.09. The van der Waals surface area contributed by atoms with E-state index in [4.69, 9.17) is 8.92 Å². The number of hydrogen-bond acceptors (Lipinski definition) is 7. The Morgan fingerprint density at radius 1 is 0.923 bits per heavy atom. The average molecular weight is 568 g/mol. The molecule has 0 radical (unpaired) electrons. The summed E-state index contributed by atoms with van der Waals surface area (Å²) in [4.78, 5) is 39.3. The van der Waals surface area contributed by atoms with Crippen molar-refractivity contribution in [1.29, 1.82) is 0 Å². The maximum absolute atomic E-state index is 13.5. The summed E-state index contributed by atoms with van der Waals surface area (Å²) in [6.07, 6.45) is -2.41. The zero-order valence-corrected chi connectivity index (χ0v) is 25.1. The van der Waals surface area contributed by atoms with Gasteiger partial charge in [0.2, 0.25) is 0 Å². The molecule has 10 nitrogen and oxygen atoms in total. The van der Waals surface area contributed by atoms with Gasteiger partial charge >= 0.3 is 18.0 Å². The zero-order chi connectivity index (χ0) is 30.1. The maximum atomic E-state index is 13.5. The van der Waals surface area contributed by atoms with Crippen LogP contribution in [0.15, 0.2) is 29.2 Å². The van der Waals surface area contributed by atoms with Gasteiger partial charge in [-0.2, -0.15) is 8.42 Å². The molecule has 6 atom stereocenters. The van der Waals surface area contributed by atoms with E-state index >= 15 is 0 Å². The summed E-state index contributed by atoms with van der Waals surface area (Å²) in [6, 6.07) is 5.98. The lowest BCUT2D eigenvalue weighted by molar-refractivity contribution is -0.162. The predicted octanol–water partition coefficient (Wildman–Crippen LogP) is 4.46. The molecular formula is C28H41NO9S. The number of benzene rings is 1. The Hall–Kier alpha value is -2.66. The van der Waals surface area contributed by atoms with E-state index in [1.807, 2.05) is 0 Å². The first-order valence-electron chi connectivity index (χ1n) is 12.9. The number of alkyl carbamates (subject to hydrolysis) is 1. The van der Waals surface area contributed by atoms with E-state index in [1.165, 1.54) is 12.1 Å². The smallest absolute Gasteiger partial charge is 0.408 e. The van der Waals surface area contributed by atoms with E-state index in [0.29, 0.717) is 0 Å². The van der Waals surface area contributed by atoms with Crippen LogP contribution in [0.25, 0.3) is 0 Å². The number of nitrogens with one attached hydrogen (secondary N) is 1. The van der Waals surface area contributed by atoms with Crippen LogP contribution in [0.4, 0.5) is 4.79 Å². The Balaban J connectivity index is 2.33. The summed E-state index contributed by atoms with van der Waals surface area (Å²) in [7, 11) is -4.44. The Morgan fingerprint density at radius 3 is 1.82 bits per heavy atom. The van der Waals surface area contributed by atoms with Crippen LogP contribution in [-0.2, 0) is 28.6 Å². The molecule has 0 heterocycles. The highest BCUT2D eigenvalue weighted by Gasteiger charge is 2.93. The summed E-state index contributed by atoms with van der Waals surface area (Å²) >= 11 is 0. The number of aryl methyl sites for hydroxylation is 1. The second kappa shape index (κ2) is 9.19. The maximum Gasteiger partial charge on any atom is 0.408 e. The molecule has 1 aromatic rings. The topological polar surface area (TPSA) is 156 Å². The molecule has 11 heteroatoms. The van der Waals surface area contributed by atoms with E-state index in [2.05, 4.69) is 5.32 Å². The first-order chi connectivity index (χ1) is 17.4. The molecule has 218 valence electrons. The van der Waals surface area contributed by atoms with E-state index in [9.17, 15) is 33.0 Å². The Morgan fingerprint density at radius 2 is 1.44 bits per heavy atom. The molecule has 3 rings (SSSR count). The number of carboxylic acids is 2. The van der Waals surface area contributed by atoms with Gasteiger partial charge in [0, 0.05) is 17.3 Å². The van der Waals surface area contributed by atoms with Gasteiger partial charge in [0.25, 0.3) is 10.1 Å². The van der Waals surface area contributed by atoms with Crippen LogP contribution < -0.4 is 5.32 Å². The number of carboxylic acid groups (broad SMARTS) is 2. The summed E-state index contributed by atoms with van der Waals surface area (Å²) < 4.78 is 38.4. The Labute approximate surface area is 230 Å². The van der Waals surface area contributed by atoms with E-state index < -0.39 is 79.4 Å². The summed E-state index contributed by atoms with van der Waals surface area (Å²) in [5.41, 5.74) is -5.99. The van der Waals surface area contributed by atoms with Crippen LogP contribution in [0, 0.1) is 40.9 Å². The first kappa shape index (κ1) is 30.9. The summed E-state index contributed by atoms with van der Waals surface area (Å²) in [6.45, 7) is 16.9. The number of ether oxygens (including phenoxy) is 1. The van der Waals surface area contributed by atoms with E-state index in [0.717, 1.165) is 5.56 Å². The highest BCUT2D eigenvalue weighted by atomic mass is 32.2. The van der Waals surface area contributed by atoms with Gasteiger partial charge in [0.15, 0.2) is 5.54 Å². The number of carbonyl (C=O) groups is 3. The molecule has 2 aliphatic carbocycles. The van der Waals surface area contributed by atoms with Crippen molar-refractivity contribution in [2.75, 3.05) is 0 Å². The second-order valence-corrected chi connectivity index (χ2v) is 15.4. The molecule has 39 heavy (non-hydrogen) atoms. The molecular weight excluding hydrogens is 526 g/mol. The molecule has 3 N–H and O–H groups in total. The van der Waals surface area contributed by atoms with Crippen LogP contribution in [0.5, 0.6) is 0 Å². The lowest BCUT2D eigenvalue weighted by Gasteiger charge is -2.51. The fourth-order valence-corrected chi connectivity index (χ4v) is 8.27. The van der Waals surface area contributed by atoms with Crippen molar-refractivity contribution < 1.29 is 41.9 Å². The van der Waals surface area contributed by atoms with E-state index in [1.54, 1.807) is 81.4 Å². The van der Waals surface area contributed by atoms with Crippen LogP contribution in [0.1, 0.15) is 67.9 Å². The molecule has 0 bridgehead atoms. The molecule has 0 aliphatic heterocycles. The van der Waals surface area contributed by atoms with E-state index in [-0.39, 0.29) is 4.90 Å². The highest BCUT2D eigenvalue weighted by Crippen LogP contribution is 2.82. The van der Waals surface area contributed by atoms with Crippen LogP contribution in [0.2, 0.25) is 0 Å². The minimum atomic E-state index is -4.44. The lowest BCUT2D eigenvalue weighted by Crippen LogP contribution is -2.70. The highest BCUT2D eigenvalue weighted by molar-refractivity contribution is 7.86. The largest absolute Gasteiger partial charge is 0.481 e. The van der Waals surface area contributed by atoms with Gasteiger partial charge in [-0.3, -0.25) is 8.98 Å². The molecule has 1 unspecified atom stereocenters. The number of amides is 1. The standard InChI is InChI=1S/C28H41NO9S/c1-15-11-13-16(14-12-15)39(35,36)38-19-17-18(21(30)31)27(17,25(5,6)7)28(22(32)33,20(19)24(2,3)4)29-23(34)37-26(8,9)10/h11-14,17-20H,1-10H3,(H,29,34)(H,30,31)(H,32,33)/t17-,18-,19-,20?,27-,28+/m0/s1. The predicted molar refractivity (Wildman–Crippen MR) is 142 cm³/mol. The third-order valence-corrected chi connectivity index (χ3v) is 9.42. The number of hydrogen-bond donors (Lipinski definition) is 3. The second-order valence-electron chi connectivity index (χ2n) is 13.9. The quantitative estimate of drug-likeness (QED) is 0.422. The van der Waals surface area contributed by atoms with Gasteiger partial charge in [0.1, 0.15) is 5.60 Å². The molecule has 2 fully saturated rings. The minimum absolute atomic E-state index is 0.137. The molecule has 2 saturated carbocycles. The summed E-state index contributed by atoms with van der Waals surface area (Å²) in [5, 5.41) is 23.9. The molecule has 2 aliphatic rings. The van der Waals surface area contributed by atoms with Gasteiger partial charge < -0.3 is 20.3 Å². The third kappa shape index (κ3) is 4.81. The molecule has 1 aromatic carbocycles. The van der Waals surface area contributed by atoms with Crippen molar-refractivity contribution in [2.45, 2.75) is 91.4 Å². The average Bonchev–Trinajstić information content (AvgIpc) is 3.36. The van der Waals surface area contributed by atoms with Crippen molar-refractivity contribution in [2.24, 2.45) is 34.0 Å². The number of rotatable bonds is 6. The molecule has 0 saturated heterocycles. The fourth-order valence-electron chi connectivity index (χ4n) is 7.16. The molecule has 0 spiro atoms. The normalized spacial score (nSPS) is 30.8. The van der Waals surface area contributed by atoms with Crippen molar-refractivity contribution in [3.05, 3.63) is 29.8 Å². The number of fused-ring (bicyclic) bond motifs is 1. The monoisotopic (exact) mass is 567 g/mol. The van der Waals surface area contributed by atoms with Gasteiger partial charge in [-0.05, 0) is 50.7 Å². The summed E-state index contributed by atoms with van der Waals surface area (Å²) in [5.74, 6) is -6.27. The lowest BCUT2D eigenvalue weighted by atomic mass is 9.57.